The van der Waals surface area contributed by atoms with Gasteiger partial charge in [0.05, 0.1) is 11.4 Å². The molecule has 3 amide bonds. The molecule has 0 saturated carbocycles. The van der Waals surface area contributed by atoms with Crippen molar-refractivity contribution in [2.24, 2.45) is 0 Å². The summed E-state index contributed by atoms with van der Waals surface area (Å²) in [5, 5.41) is 2.72. The van der Waals surface area contributed by atoms with Gasteiger partial charge in [-0.25, -0.2) is 4.39 Å². The normalized spacial score (nSPS) is 13.0. The first-order chi connectivity index (χ1) is 13.0. The van der Waals surface area contributed by atoms with Gasteiger partial charge in [-0.3, -0.25) is 14.4 Å². The average molecular weight is 369 g/mol. The molecule has 0 fully saturated rings. The number of carbonyl (C=O) groups excluding carboxylic acids is 3. The molecule has 0 spiro atoms. The maximum Gasteiger partial charge on any atom is 0.244 e. The summed E-state index contributed by atoms with van der Waals surface area (Å²) in [4.78, 5) is 39.9. The summed E-state index contributed by atoms with van der Waals surface area (Å²) in [6, 6.07) is 12.7. The first kappa shape index (κ1) is 18.6. The molecule has 1 aliphatic rings. The van der Waals surface area contributed by atoms with Crippen LogP contribution >= 0.6 is 0 Å². The fourth-order valence-corrected chi connectivity index (χ4v) is 3.06. The molecule has 2 aromatic rings. The number of hydrogen-bond donors (Lipinski definition) is 1. The molecule has 0 aliphatic carbocycles. The fraction of sp³-hybridized carbons (Fsp3) is 0.250. The maximum absolute atomic E-state index is 13.1. The van der Waals surface area contributed by atoms with Crippen molar-refractivity contribution < 1.29 is 18.8 Å². The molecule has 0 radical (unpaired) electrons. The van der Waals surface area contributed by atoms with Crippen LogP contribution in [-0.2, 0) is 14.4 Å². The molecule has 0 atom stereocenters. The molecule has 0 saturated heterocycles. The lowest BCUT2D eigenvalue weighted by Gasteiger charge is -2.29. The Labute approximate surface area is 156 Å². The minimum atomic E-state index is -0.375. The van der Waals surface area contributed by atoms with Crippen LogP contribution < -0.4 is 15.1 Å². The molecule has 3 rings (SSSR count). The number of hydrogen-bond acceptors (Lipinski definition) is 3. The topological polar surface area (TPSA) is 69.7 Å². The summed E-state index contributed by atoms with van der Waals surface area (Å²) >= 11 is 0. The molecule has 6 nitrogen and oxygen atoms in total. The van der Waals surface area contributed by atoms with Gasteiger partial charge in [0.1, 0.15) is 12.4 Å². The summed E-state index contributed by atoms with van der Waals surface area (Å²) in [5.41, 5.74) is 1.79. The van der Waals surface area contributed by atoms with Crippen LogP contribution in [0.1, 0.15) is 19.8 Å². The van der Waals surface area contributed by atoms with Crippen LogP contribution in [0.5, 0.6) is 0 Å². The Balaban J connectivity index is 1.67. The molecular formula is C20H20FN3O3. The minimum absolute atomic E-state index is 0.00430. The number of carbonyl (C=O) groups is 3. The van der Waals surface area contributed by atoms with Crippen molar-refractivity contribution in [1.29, 1.82) is 0 Å². The van der Waals surface area contributed by atoms with Gasteiger partial charge in [0.2, 0.25) is 17.7 Å². The van der Waals surface area contributed by atoms with Gasteiger partial charge < -0.3 is 15.1 Å². The number of para-hydroxylation sites is 2. The van der Waals surface area contributed by atoms with E-state index in [4.69, 9.17) is 0 Å². The van der Waals surface area contributed by atoms with E-state index in [1.165, 1.54) is 34.1 Å². The number of benzene rings is 2. The summed E-state index contributed by atoms with van der Waals surface area (Å²) in [6.07, 6.45) is -0.0114. The van der Waals surface area contributed by atoms with Crippen molar-refractivity contribution in [3.05, 3.63) is 54.3 Å². The molecule has 7 heteroatoms. The molecule has 0 unspecified atom stereocenters. The molecule has 1 heterocycles. The highest BCUT2D eigenvalue weighted by atomic mass is 19.1. The largest absolute Gasteiger partial charge is 0.323 e. The van der Waals surface area contributed by atoms with Crippen LogP contribution in [0.3, 0.4) is 0 Å². The second-order valence-electron chi connectivity index (χ2n) is 6.16. The van der Waals surface area contributed by atoms with Crippen LogP contribution in [0.15, 0.2) is 48.5 Å². The van der Waals surface area contributed by atoms with Crippen molar-refractivity contribution in [1.82, 2.24) is 0 Å². The summed E-state index contributed by atoms with van der Waals surface area (Å²) in [6.45, 7) is 2.15. The highest BCUT2D eigenvalue weighted by Gasteiger charge is 2.27. The Bertz CT molecular complexity index is 867. The van der Waals surface area contributed by atoms with E-state index in [-0.39, 0.29) is 42.9 Å². The van der Waals surface area contributed by atoms with Gasteiger partial charge in [-0.2, -0.15) is 0 Å². The molecule has 2 aromatic carbocycles. The zero-order valence-electron chi connectivity index (χ0n) is 14.9. The van der Waals surface area contributed by atoms with Gasteiger partial charge in [-0.05, 0) is 43.3 Å². The first-order valence-electron chi connectivity index (χ1n) is 8.74. The quantitative estimate of drug-likeness (QED) is 0.881. The SMILES string of the molecule is CCN(C(=O)CCC(=O)N1CC(=O)Nc2ccccc21)c1ccc(F)cc1. The Kier molecular flexibility index (Phi) is 5.49. The Hall–Kier alpha value is -3.22. The van der Waals surface area contributed by atoms with Crippen molar-refractivity contribution >= 4 is 34.8 Å². The summed E-state index contributed by atoms with van der Waals surface area (Å²) in [5.74, 6) is -1.16. The number of halogens is 1. The third-order valence-corrected chi connectivity index (χ3v) is 4.38. The molecule has 140 valence electrons. The lowest BCUT2D eigenvalue weighted by molar-refractivity contribution is -0.124. The smallest absolute Gasteiger partial charge is 0.244 e. The molecule has 0 bridgehead atoms. The third-order valence-electron chi connectivity index (χ3n) is 4.38. The monoisotopic (exact) mass is 369 g/mol. The van der Waals surface area contributed by atoms with Crippen LogP contribution in [0, 0.1) is 5.82 Å². The molecule has 27 heavy (non-hydrogen) atoms. The van der Waals surface area contributed by atoms with Crippen molar-refractivity contribution in [2.45, 2.75) is 19.8 Å². The first-order valence-corrected chi connectivity index (χ1v) is 8.74. The summed E-state index contributed by atoms with van der Waals surface area (Å²) < 4.78 is 13.1. The van der Waals surface area contributed by atoms with Gasteiger partial charge >= 0.3 is 0 Å². The van der Waals surface area contributed by atoms with Gasteiger partial charge in [0.15, 0.2) is 0 Å². The number of nitrogens with zero attached hydrogens (tertiary/aromatic N) is 2. The van der Waals surface area contributed by atoms with E-state index >= 15 is 0 Å². The van der Waals surface area contributed by atoms with Crippen LogP contribution in [-0.4, -0.2) is 30.8 Å². The number of nitrogens with one attached hydrogen (secondary N) is 1. The van der Waals surface area contributed by atoms with E-state index < -0.39 is 0 Å². The van der Waals surface area contributed by atoms with Crippen LogP contribution in [0.25, 0.3) is 0 Å². The second-order valence-corrected chi connectivity index (χ2v) is 6.16. The standard InChI is InChI=1S/C20H20FN3O3/c1-2-23(15-9-7-14(21)8-10-15)19(26)11-12-20(27)24-13-18(25)22-16-5-3-4-6-17(16)24/h3-10H,2,11-13H2,1H3,(H,22,25). The van der Waals surface area contributed by atoms with E-state index in [2.05, 4.69) is 5.32 Å². The zero-order valence-corrected chi connectivity index (χ0v) is 14.9. The van der Waals surface area contributed by atoms with E-state index in [0.717, 1.165) is 0 Å². The number of fused-ring (bicyclic) bond motifs is 1. The van der Waals surface area contributed by atoms with Gasteiger partial charge in [0.25, 0.3) is 0 Å². The van der Waals surface area contributed by atoms with Gasteiger partial charge in [-0.15, -0.1) is 0 Å². The third kappa shape index (κ3) is 4.13. The Morgan fingerprint density at radius 1 is 1.11 bits per heavy atom. The predicted molar refractivity (Wildman–Crippen MR) is 101 cm³/mol. The lowest BCUT2D eigenvalue weighted by Crippen LogP contribution is -2.42. The molecule has 1 aliphatic heterocycles. The van der Waals surface area contributed by atoms with Gasteiger partial charge in [-0.1, -0.05) is 12.1 Å². The molecule has 1 N–H and O–H groups in total. The fourth-order valence-electron chi connectivity index (χ4n) is 3.06. The van der Waals surface area contributed by atoms with Crippen LogP contribution in [0.2, 0.25) is 0 Å². The van der Waals surface area contributed by atoms with Gasteiger partial charge in [0, 0.05) is 25.1 Å². The maximum atomic E-state index is 13.1. The highest BCUT2D eigenvalue weighted by Crippen LogP contribution is 2.29. The van der Waals surface area contributed by atoms with Crippen molar-refractivity contribution in [2.75, 3.05) is 28.2 Å². The number of rotatable bonds is 5. The number of amides is 3. The average Bonchev–Trinajstić information content (AvgIpc) is 2.67. The minimum Gasteiger partial charge on any atom is -0.323 e. The van der Waals surface area contributed by atoms with Crippen molar-refractivity contribution in [3.63, 3.8) is 0 Å². The van der Waals surface area contributed by atoms with Crippen LogP contribution in [0.4, 0.5) is 21.5 Å². The molecular weight excluding hydrogens is 349 g/mol. The lowest BCUT2D eigenvalue weighted by atomic mass is 10.1. The van der Waals surface area contributed by atoms with Crippen molar-refractivity contribution in [3.8, 4) is 0 Å². The number of anilines is 3. The zero-order chi connectivity index (χ0) is 19.4. The van der Waals surface area contributed by atoms with E-state index in [1.54, 1.807) is 24.3 Å². The summed E-state index contributed by atoms with van der Waals surface area (Å²) in [7, 11) is 0. The second kappa shape index (κ2) is 7.99. The Morgan fingerprint density at radius 2 is 1.81 bits per heavy atom. The molecule has 0 aromatic heterocycles. The van der Waals surface area contributed by atoms with E-state index in [0.29, 0.717) is 23.6 Å². The van der Waals surface area contributed by atoms with E-state index in [1.807, 2.05) is 6.92 Å². The van der Waals surface area contributed by atoms with E-state index in [9.17, 15) is 18.8 Å². The predicted octanol–water partition coefficient (Wildman–Crippen LogP) is 2.94. The Morgan fingerprint density at radius 3 is 2.52 bits per heavy atom. The highest BCUT2D eigenvalue weighted by molar-refractivity contribution is 6.10.